The van der Waals surface area contributed by atoms with E-state index >= 15 is 0 Å². The molecule has 3 nitrogen and oxygen atoms in total. The van der Waals surface area contributed by atoms with Gasteiger partial charge in [-0.3, -0.25) is 4.79 Å². The van der Waals surface area contributed by atoms with Gasteiger partial charge in [-0.15, -0.1) is 0 Å². The third-order valence-electron chi connectivity index (χ3n) is 2.69. The number of aromatic nitrogens is 1. The minimum atomic E-state index is -0.383. The summed E-state index contributed by atoms with van der Waals surface area (Å²) in [6.45, 7) is 3.22. The van der Waals surface area contributed by atoms with Crippen LogP contribution in [0.1, 0.15) is 23.0 Å². The highest BCUT2D eigenvalue weighted by Gasteiger charge is 2.17. The Kier molecular flexibility index (Phi) is 2.42. The zero-order valence-electron chi connectivity index (χ0n) is 9.35. The van der Waals surface area contributed by atoms with Crippen molar-refractivity contribution in [2.24, 2.45) is 0 Å². The van der Waals surface area contributed by atoms with Crippen LogP contribution in [0.2, 0.25) is 0 Å². The van der Waals surface area contributed by atoms with Gasteiger partial charge in [0.2, 0.25) is 0 Å². The molecule has 84 valence electrons. The molecule has 0 saturated heterocycles. The molecule has 0 aliphatic heterocycles. The number of nitrogens with one attached hydrogen (secondary N) is 1. The number of fused-ring (bicyclic) bond motifs is 1. The van der Waals surface area contributed by atoms with Gasteiger partial charge in [0, 0.05) is 12.3 Å². The standard InChI is InChI=1S/C12H12FNO2/c1-6-10-9(16-3)5-4-8(13)12(10)14-11(6)7(2)15/h4-5,14H,1-3H3. The first kappa shape index (κ1) is 10.7. The Hall–Kier alpha value is -1.84. The van der Waals surface area contributed by atoms with E-state index in [1.54, 1.807) is 13.0 Å². The Bertz CT molecular complexity index is 572. The molecule has 0 spiro atoms. The molecule has 0 aliphatic rings. The van der Waals surface area contributed by atoms with Crippen molar-refractivity contribution in [3.05, 3.63) is 29.2 Å². The highest BCUT2D eigenvalue weighted by molar-refractivity contribution is 6.02. The molecule has 1 N–H and O–H groups in total. The molecule has 1 heterocycles. The van der Waals surface area contributed by atoms with Crippen LogP contribution >= 0.6 is 0 Å². The number of aromatic amines is 1. The van der Waals surface area contributed by atoms with Crippen molar-refractivity contribution in [3.63, 3.8) is 0 Å². The van der Waals surface area contributed by atoms with Crippen molar-refractivity contribution in [1.29, 1.82) is 0 Å². The second-order valence-electron chi connectivity index (χ2n) is 3.68. The predicted molar refractivity (Wildman–Crippen MR) is 59.6 cm³/mol. The molecular formula is C12H12FNO2. The molecule has 2 rings (SSSR count). The van der Waals surface area contributed by atoms with Gasteiger partial charge < -0.3 is 9.72 Å². The van der Waals surface area contributed by atoms with Crippen LogP contribution in [0, 0.1) is 12.7 Å². The number of hydrogen-bond acceptors (Lipinski definition) is 2. The molecule has 16 heavy (non-hydrogen) atoms. The molecule has 0 atom stereocenters. The lowest BCUT2D eigenvalue weighted by atomic mass is 10.1. The summed E-state index contributed by atoms with van der Waals surface area (Å²) in [5.41, 5.74) is 1.47. The third kappa shape index (κ3) is 1.38. The number of halogens is 1. The number of ether oxygens (including phenoxy) is 1. The average Bonchev–Trinajstić information content (AvgIpc) is 2.59. The van der Waals surface area contributed by atoms with Gasteiger partial charge in [0.1, 0.15) is 11.6 Å². The van der Waals surface area contributed by atoms with Crippen molar-refractivity contribution in [2.75, 3.05) is 7.11 Å². The summed E-state index contributed by atoms with van der Waals surface area (Å²) in [5.74, 6) is 0.0687. The highest BCUT2D eigenvalue weighted by atomic mass is 19.1. The fraction of sp³-hybridized carbons (Fsp3) is 0.250. The maximum absolute atomic E-state index is 13.6. The van der Waals surface area contributed by atoms with E-state index < -0.39 is 0 Å². The van der Waals surface area contributed by atoms with Crippen molar-refractivity contribution in [3.8, 4) is 5.75 Å². The van der Waals surface area contributed by atoms with Crippen LogP contribution in [0.25, 0.3) is 10.9 Å². The number of carbonyl (C=O) groups excluding carboxylic acids is 1. The topological polar surface area (TPSA) is 42.1 Å². The summed E-state index contributed by atoms with van der Waals surface area (Å²) in [6.07, 6.45) is 0. The summed E-state index contributed by atoms with van der Waals surface area (Å²) in [4.78, 5) is 14.2. The van der Waals surface area contributed by atoms with E-state index in [-0.39, 0.29) is 11.6 Å². The van der Waals surface area contributed by atoms with Gasteiger partial charge in [0.15, 0.2) is 5.78 Å². The molecule has 0 amide bonds. The van der Waals surface area contributed by atoms with E-state index in [1.807, 2.05) is 0 Å². The van der Waals surface area contributed by atoms with E-state index in [0.29, 0.717) is 22.3 Å². The van der Waals surface area contributed by atoms with E-state index in [0.717, 1.165) is 5.56 Å². The second-order valence-corrected chi connectivity index (χ2v) is 3.68. The van der Waals surface area contributed by atoms with Crippen LogP contribution in [-0.2, 0) is 0 Å². The van der Waals surface area contributed by atoms with Crippen LogP contribution in [0.4, 0.5) is 4.39 Å². The lowest BCUT2D eigenvalue weighted by Crippen LogP contribution is -1.94. The number of carbonyl (C=O) groups is 1. The zero-order chi connectivity index (χ0) is 11.9. The number of ketones is 1. The van der Waals surface area contributed by atoms with Crippen LogP contribution in [0.3, 0.4) is 0 Å². The fourth-order valence-corrected chi connectivity index (χ4v) is 1.92. The van der Waals surface area contributed by atoms with Gasteiger partial charge in [0.25, 0.3) is 0 Å². The van der Waals surface area contributed by atoms with Crippen molar-refractivity contribution in [2.45, 2.75) is 13.8 Å². The minimum Gasteiger partial charge on any atom is -0.496 e. The average molecular weight is 221 g/mol. The lowest BCUT2D eigenvalue weighted by Gasteiger charge is -2.02. The molecule has 4 heteroatoms. The first-order valence-corrected chi connectivity index (χ1v) is 4.92. The Morgan fingerprint density at radius 3 is 2.69 bits per heavy atom. The first-order valence-electron chi connectivity index (χ1n) is 4.92. The van der Waals surface area contributed by atoms with E-state index in [4.69, 9.17) is 4.74 Å². The minimum absolute atomic E-state index is 0.116. The zero-order valence-corrected chi connectivity index (χ0v) is 9.35. The molecule has 2 aromatic rings. The maximum atomic E-state index is 13.6. The summed E-state index contributed by atoms with van der Waals surface area (Å²) >= 11 is 0. The normalized spacial score (nSPS) is 10.8. The van der Waals surface area contributed by atoms with Crippen molar-refractivity contribution in [1.82, 2.24) is 4.98 Å². The summed E-state index contributed by atoms with van der Waals surface area (Å²) in [7, 11) is 1.52. The summed E-state index contributed by atoms with van der Waals surface area (Å²) in [6, 6.07) is 2.88. The molecule has 0 bridgehead atoms. The van der Waals surface area contributed by atoms with Crippen molar-refractivity contribution >= 4 is 16.7 Å². The Morgan fingerprint density at radius 1 is 1.44 bits per heavy atom. The van der Waals surface area contributed by atoms with Crippen LogP contribution in [-0.4, -0.2) is 17.9 Å². The van der Waals surface area contributed by atoms with Gasteiger partial charge in [-0.05, 0) is 24.6 Å². The molecule has 1 aromatic carbocycles. The van der Waals surface area contributed by atoms with E-state index in [2.05, 4.69) is 4.98 Å². The number of H-pyrrole nitrogens is 1. The van der Waals surface area contributed by atoms with Gasteiger partial charge >= 0.3 is 0 Å². The van der Waals surface area contributed by atoms with Crippen LogP contribution < -0.4 is 4.74 Å². The SMILES string of the molecule is COc1ccc(F)c2[nH]c(C(C)=O)c(C)c12. The van der Waals surface area contributed by atoms with Gasteiger partial charge in [-0.2, -0.15) is 0 Å². The number of aryl methyl sites for hydroxylation is 1. The Labute approximate surface area is 92.2 Å². The Morgan fingerprint density at radius 2 is 2.12 bits per heavy atom. The molecule has 0 radical (unpaired) electrons. The lowest BCUT2D eigenvalue weighted by molar-refractivity contribution is 0.101. The number of rotatable bonds is 2. The molecule has 0 fully saturated rings. The van der Waals surface area contributed by atoms with Gasteiger partial charge in [-0.25, -0.2) is 4.39 Å². The number of hydrogen-bond donors (Lipinski definition) is 1. The van der Waals surface area contributed by atoms with Gasteiger partial charge in [0.05, 0.1) is 18.3 Å². The second kappa shape index (κ2) is 3.63. The molecule has 0 unspecified atom stereocenters. The molecule has 0 aliphatic carbocycles. The smallest absolute Gasteiger partial charge is 0.176 e. The molecule has 0 saturated carbocycles. The summed E-state index contributed by atoms with van der Waals surface area (Å²) < 4.78 is 18.7. The van der Waals surface area contributed by atoms with E-state index in [9.17, 15) is 9.18 Å². The monoisotopic (exact) mass is 221 g/mol. The number of benzene rings is 1. The van der Waals surface area contributed by atoms with E-state index in [1.165, 1.54) is 20.1 Å². The summed E-state index contributed by atoms with van der Waals surface area (Å²) in [5, 5.41) is 0.632. The van der Waals surface area contributed by atoms with Crippen molar-refractivity contribution < 1.29 is 13.9 Å². The number of methoxy groups -OCH3 is 1. The quantitative estimate of drug-likeness (QED) is 0.792. The molecule has 1 aromatic heterocycles. The Balaban J connectivity index is 2.89. The fourth-order valence-electron chi connectivity index (χ4n) is 1.92. The maximum Gasteiger partial charge on any atom is 0.176 e. The van der Waals surface area contributed by atoms with Gasteiger partial charge in [-0.1, -0.05) is 0 Å². The predicted octanol–water partition coefficient (Wildman–Crippen LogP) is 2.83. The van der Waals surface area contributed by atoms with Crippen LogP contribution in [0.5, 0.6) is 5.75 Å². The largest absolute Gasteiger partial charge is 0.496 e. The first-order chi connectivity index (χ1) is 7.56. The third-order valence-corrected chi connectivity index (χ3v) is 2.69. The molecular weight excluding hydrogens is 209 g/mol. The highest BCUT2D eigenvalue weighted by Crippen LogP contribution is 2.32. The number of Topliss-reactive ketones (excluding diaryl/α,β-unsaturated/α-hetero) is 1. The van der Waals surface area contributed by atoms with Crippen LogP contribution in [0.15, 0.2) is 12.1 Å².